The fourth-order valence-electron chi connectivity index (χ4n) is 3.52. The molecule has 30 heavy (non-hydrogen) atoms. The number of nitrogens with one attached hydrogen (secondary N) is 1. The zero-order valence-electron chi connectivity index (χ0n) is 18.1. The smallest absolute Gasteiger partial charge is 0.244 e. The van der Waals surface area contributed by atoms with Crippen molar-refractivity contribution in [3.63, 3.8) is 0 Å². The van der Waals surface area contributed by atoms with Gasteiger partial charge in [0.2, 0.25) is 15.9 Å². The zero-order chi connectivity index (χ0) is 22.8. The molecule has 5 nitrogen and oxygen atoms in total. The summed E-state index contributed by atoms with van der Waals surface area (Å²) in [5.41, 5.74) is 4.43. The number of sulfonamides is 1. The predicted molar refractivity (Wildman–Crippen MR) is 120 cm³/mol. The maximum atomic E-state index is 13.6. The highest BCUT2D eigenvalue weighted by Crippen LogP contribution is 2.28. The summed E-state index contributed by atoms with van der Waals surface area (Å²) in [6, 6.07) is 6.37. The fraction of sp³-hybridized carbons (Fsp3) is 0.409. The molecule has 0 aliphatic carbocycles. The van der Waals surface area contributed by atoms with Crippen LogP contribution in [0.4, 0.5) is 10.1 Å². The van der Waals surface area contributed by atoms with Gasteiger partial charge in [0.1, 0.15) is 11.9 Å². The van der Waals surface area contributed by atoms with Gasteiger partial charge in [0.05, 0.1) is 23.0 Å². The van der Waals surface area contributed by atoms with E-state index >= 15 is 0 Å². The third-order valence-corrected chi connectivity index (χ3v) is 6.66. The summed E-state index contributed by atoms with van der Waals surface area (Å²) in [5, 5.41) is 2.72. The second kappa shape index (κ2) is 9.35. The van der Waals surface area contributed by atoms with Crippen molar-refractivity contribution in [1.29, 1.82) is 0 Å². The molecule has 1 N–H and O–H groups in total. The van der Waals surface area contributed by atoms with Crippen LogP contribution in [0.2, 0.25) is 5.02 Å². The van der Waals surface area contributed by atoms with Gasteiger partial charge in [0, 0.05) is 0 Å². The molecular weight excluding hydrogens is 427 g/mol. The highest BCUT2D eigenvalue weighted by molar-refractivity contribution is 7.92. The molecule has 1 amide bonds. The van der Waals surface area contributed by atoms with Gasteiger partial charge in [-0.15, -0.1) is 0 Å². The van der Waals surface area contributed by atoms with Crippen LogP contribution >= 0.6 is 11.6 Å². The molecule has 0 heterocycles. The minimum Gasteiger partial charge on any atom is -0.348 e. The zero-order valence-corrected chi connectivity index (χ0v) is 19.7. The maximum absolute atomic E-state index is 13.6. The Labute approximate surface area is 183 Å². The molecule has 2 aromatic rings. The van der Waals surface area contributed by atoms with Crippen LogP contribution in [0, 0.1) is 26.6 Å². The molecule has 2 atom stereocenters. The number of halogens is 2. The summed E-state index contributed by atoms with van der Waals surface area (Å²) >= 11 is 5.85. The Morgan fingerprint density at radius 2 is 1.73 bits per heavy atom. The third kappa shape index (κ3) is 5.32. The number of hydrogen-bond donors (Lipinski definition) is 1. The van der Waals surface area contributed by atoms with Crippen molar-refractivity contribution in [2.75, 3.05) is 10.6 Å². The van der Waals surface area contributed by atoms with Gasteiger partial charge in [-0.1, -0.05) is 30.7 Å². The maximum Gasteiger partial charge on any atom is 0.244 e. The number of rotatable bonds is 7. The van der Waals surface area contributed by atoms with Crippen molar-refractivity contribution in [3.05, 3.63) is 63.4 Å². The van der Waals surface area contributed by atoms with Crippen molar-refractivity contribution in [2.24, 2.45) is 0 Å². The van der Waals surface area contributed by atoms with Crippen LogP contribution in [0.15, 0.2) is 30.3 Å². The van der Waals surface area contributed by atoms with Gasteiger partial charge in [0.25, 0.3) is 0 Å². The van der Waals surface area contributed by atoms with Crippen LogP contribution < -0.4 is 9.62 Å². The molecule has 164 valence electrons. The van der Waals surface area contributed by atoms with Crippen LogP contribution in [-0.2, 0) is 14.8 Å². The van der Waals surface area contributed by atoms with Crippen molar-refractivity contribution >= 4 is 33.2 Å². The largest absolute Gasteiger partial charge is 0.348 e. The lowest BCUT2D eigenvalue weighted by Gasteiger charge is -2.31. The van der Waals surface area contributed by atoms with Crippen LogP contribution in [-0.4, -0.2) is 26.6 Å². The molecule has 0 bridgehead atoms. The first-order chi connectivity index (χ1) is 13.9. The van der Waals surface area contributed by atoms with E-state index in [1.165, 1.54) is 12.1 Å². The van der Waals surface area contributed by atoms with E-state index in [9.17, 15) is 17.6 Å². The van der Waals surface area contributed by atoms with E-state index in [0.717, 1.165) is 38.9 Å². The topological polar surface area (TPSA) is 66.5 Å². The Bertz CT molecular complexity index is 1060. The van der Waals surface area contributed by atoms with E-state index in [2.05, 4.69) is 11.4 Å². The van der Waals surface area contributed by atoms with E-state index in [-0.39, 0.29) is 23.2 Å². The number of nitrogens with zero attached hydrogens (tertiary/aromatic N) is 1. The Morgan fingerprint density at radius 3 is 2.27 bits per heavy atom. The van der Waals surface area contributed by atoms with E-state index in [1.807, 2.05) is 33.8 Å². The summed E-state index contributed by atoms with van der Waals surface area (Å²) in [7, 11) is -3.83. The first-order valence-corrected chi connectivity index (χ1v) is 11.9. The number of anilines is 1. The molecular formula is C22H28ClFN2O3S. The minimum absolute atomic E-state index is 0.140. The van der Waals surface area contributed by atoms with Crippen molar-refractivity contribution in [3.8, 4) is 0 Å². The van der Waals surface area contributed by atoms with Gasteiger partial charge in [-0.2, -0.15) is 0 Å². The second-order valence-electron chi connectivity index (χ2n) is 7.60. The van der Waals surface area contributed by atoms with E-state index in [4.69, 9.17) is 11.6 Å². The molecule has 8 heteroatoms. The molecule has 0 spiro atoms. The Balaban J connectivity index is 2.38. The number of aryl methyl sites for hydroxylation is 3. The van der Waals surface area contributed by atoms with Gasteiger partial charge < -0.3 is 5.32 Å². The van der Waals surface area contributed by atoms with Crippen LogP contribution in [0.3, 0.4) is 0 Å². The van der Waals surface area contributed by atoms with Gasteiger partial charge in [-0.05, 0) is 74.6 Å². The second-order valence-corrected chi connectivity index (χ2v) is 9.87. The molecule has 0 aromatic heterocycles. The SMILES string of the molecule is CC[C@@H](C(=O)N[C@H](C)c1cc(C)c(C)cc1C)N(c1ccc(F)c(Cl)c1)S(C)(=O)=O. The molecule has 0 unspecified atom stereocenters. The van der Waals surface area contributed by atoms with Crippen molar-refractivity contribution < 1.29 is 17.6 Å². The number of amides is 1. The Hall–Kier alpha value is -2.12. The fourth-order valence-corrected chi connectivity index (χ4v) is 4.90. The molecule has 0 radical (unpaired) electrons. The van der Waals surface area contributed by atoms with Crippen molar-refractivity contribution in [2.45, 2.75) is 53.1 Å². The van der Waals surface area contributed by atoms with Crippen LogP contribution in [0.1, 0.15) is 48.6 Å². The molecule has 2 aromatic carbocycles. The van der Waals surface area contributed by atoms with Gasteiger partial charge >= 0.3 is 0 Å². The van der Waals surface area contributed by atoms with E-state index in [0.29, 0.717) is 0 Å². The number of carbonyl (C=O) groups excluding carboxylic acids is 1. The third-order valence-electron chi connectivity index (χ3n) is 5.20. The van der Waals surface area contributed by atoms with Gasteiger partial charge in [0.15, 0.2) is 0 Å². The standard InChI is InChI=1S/C22H28ClFN2O3S/c1-7-21(26(30(6,28)29)17-8-9-20(24)19(23)12-17)22(27)25-16(5)18-11-14(3)13(2)10-15(18)4/h8-12,16,21H,7H2,1-6H3,(H,25,27)/t16-,21+/m1/s1. The predicted octanol–water partition coefficient (Wildman–Crippen LogP) is 4.83. The van der Waals surface area contributed by atoms with Gasteiger partial charge in [-0.3, -0.25) is 9.10 Å². The first-order valence-electron chi connectivity index (χ1n) is 9.69. The lowest BCUT2D eigenvalue weighted by molar-refractivity contribution is -0.122. The Morgan fingerprint density at radius 1 is 1.13 bits per heavy atom. The molecule has 0 saturated heterocycles. The lowest BCUT2D eigenvalue weighted by atomic mass is 9.96. The average molecular weight is 455 g/mol. The highest BCUT2D eigenvalue weighted by atomic mass is 35.5. The summed E-state index contributed by atoms with van der Waals surface area (Å²) in [4.78, 5) is 13.1. The van der Waals surface area contributed by atoms with Crippen molar-refractivity contribution in [1.82, 2.24) is 5.32 Å². The summed E-state index contributed by atoms with van der Waals surface area (Å²) in [6.07, 6.45) is 1.24. The summed E-state index contributed by atoms with van der Waals surface area (Å²) in [6.45, 7) is 9.59. The quantitative estimate of drug-likeness (QED) is 0.651. The van der Waals surface area contributed by atoms with E-state index in [1.54, 1.807) is 6.92 Å². The average Bonchev–Trinajstić information content (AvgIpc) is 2.63. The van der Waals surface area contributed by atoms with Gasteiger partial charge in [-0.25, -0.2) is 12.8 Å². The lowest BCUT2D eigenvalue weighted by Crippen LogP contribution is -2.49. The normalized spacial score (nSPS) is 13.6. The molecule has 2 rings (SSSR count). The highest BCUT2D eigenvalue weighted by Gasteiger charge is 2.32. The van der Waals surface area contributed by atoms with Crippen LogP contribution in [0.5, 0.6) is 0 Å². The summed E-state index contributed by atoms with van der Waals surface area (Å²) < 4.78 is 39.6. The first kappa shape index (κ1) is 24.2. The molecule has 0 aliphatic rings. The Kier molecular flexibility index (Phi) is 7.53. The molecule has 0 saturated carbocycles. The van der Waals surface area contributed by atoms with E-state index < -0.39 is 27.8 Å². The molecule has 0 fully saturated rings. The van der Waals surface area contributed by atoms with Crippen LogP contribution in [0.25, 0.3) is 0 Å². The monoisotopic (exact) mass is 454 g/mol. The molecule has 0 aliphatic heterocycles. The number of carbonyl (C=O) groups is 1. The number of benzene rings is 2. The number of hydrogen-bond acceptors (Lipinski definition) is 3. The summed E-state index contributed by atoms with van der Waals surface area (Å²) in [5.74, 6) is -1.10. The minimum atomic E-state index is -3.83.